The predicted molar refractivity (Wildman–Crippen MR) is 66.4 cm³/mol. The van der Waals surface area contributed by atoms with Gasteiger partial charge in [0.05, 0.1) is 15.8 Å². The zero-order valence-electron chi connectivity index (χ0n) is 8.51. The number of carbonyl (C=O) groups is 1. The first-order chi connectivity index (χ1) is 7.84. The molecule has 1 aromatic carbocycles. The van der Waals surface area contributed by atoms with E-state index in [0.717, 1.165) is 20.8 Å². The number of rotatable bonds is 1. The Bertz CT molecular complexity index is 589. The van der Waals surface area contributed by atoms with Gasteiger partial charge in [-0.25, -0.2) is 4.98 Å². The Balaban J connectivity index is 2.15. The van der Waals surface area contributed by atoms with E-state index in [1.54, 1.807) is 11.3 Å². The minimum atomic E-state index is 0.154. The summed E-state index contributed by atoms with van der Waals surface area (Å²) >= 11 is 1.57. The average molecular weight is 227 g/mol. The number of allylic oxidation sites excluding steroid dienone is 4. The summed E-state index contributed by atoms with van der Waals surface area (Å²) in [6.07, 6.45) is 6.13. The highest BCUT2D eigenvalue weighted by Gasteiger charge is 2.16. The topological polar surface area (TPSA) is 30.0 Å². The molecule has 0 bridgehead atoms. The SMILES string of the molecule is O=C1CC=CC=C1c1nc2ccccc2s1. The summed E-state index contributed by atoms with van der Waals surface area (Å²) in [5.74, 6) is 0.154. The Morgan fingerprint density at radius 2 is 2.12 bits per heavy atom. The summed E-state index contributed by atoms with van der Waals surface area (Å²) in [4.78, 5) is 16.2. The molecule has 3 heteroatoms. The van der Waals surface area contributed by atoms with E-state index in [9.17, 15) is 4.79 Å². The van der Waals surface area contributed by atoms with Crippen LogP contribution in [0.2, 0.25) is 0 Å². The molecular formula is C13H9NOS. The van der Waals surface area contributed by atoms with E-state index >= 15 is 0 Å². The number of Topliss-reactive ketones (excluding diaryl/α,β-unsaturated/α-hetero) is 1. The Kier molecular flexibility index (Phi) is 2.18. The molecule has 0 saturated carbocycles. The highest BCUT2D eigenvalue weighted by Crippen LogP contribution is 2.29. The number of aromatic nitrogens is 1. The summed E-state index contributed by atoms with van der Waals surface area (Å²) < 4.78 is 1.13. The van der Waals surface area contributed by atoms with Crippen molar-refractivity contribution in [2.24, 2.45) is 0 Å². The van der Waals surface area contributed by atoms with E-state index in [2.05, 4.69) is 4.98 Å². The Labute approximate surface area is 96.9 Å². The molecule has 0 fully saturated rings. The van der Waals surface area contributed by atoms with Crippen LogP contribution < -0.4 is 0 Å². The zero-order chi connectivity index (χ0) is 11.0. The third-order valence-electron chi connectivity index (χ3n) is 2.53. The molecule has 3 rings (SSSR count). The van der Waals surface area contributed by atoms with Crippen molar-refractivity contribution in [2.75, 3.05) is 0 Å². The molecule has 0 saturated heterocycles. The summed E-state index contributed by atoms with van der Waals surface area (Å²) in [6, 6.07) is 7.95. The van der Waals surface area contributed by atoms with Crippen LogP contribution in [0.4, 0.5) is 0 Å². The molecule has 1 aromatic heterocycles. The number of fused-ring (bicyclic) bond motifs is 1. The lowest BCUT2D eigenvalue weighted by atomic mass is 10.0. The predicted octanol–water partition coefficient (Wildman–Crippen LogP) is 3.21. The number of hydrogen-bond donors (Lipinski definition) is 0. The van der Waals surface area contributed by atoms with E-state index in [4.69, 9.17) is 0 Å². The smallest absolute Gasteiger partial charge is 0.169 e. The molecule has 1 heterocycles. The van der Waals surface area contributed by atoms with Gasteiger partial charge in [-0.1, -0.05) is 24.3 Å². The Morgan fingerprint density at radius 3 is 2.94 bits per heavy atom. The first kappa shape index (κ1) is 9.48. The van der Waals surface area contributed by atoms with E-state index < -0.39 is 0 Å². The van der Waals surface area contributed by atoms with Gasteiger partial charge >= 0.3 is 0 Å². The van der Waals surface area contributed by atoms with Gasteiger partial charge in [0, 0.05) is 6.42 Å². The van der Waals surface area contributed by atoms with Crippen molar-refractivity contribution in [3.63, 3.8) is 0 Å². The maximum absolute atomic E-state index is 11.7. The molecule has 0 N–H and O–H groups in total. The number of carbonyl (C=O) groups excluding carboxylic acids is 1. The zero-order valence-corrected chi connectivity index (χ0v) is 9.33. The van der Waals surface area contributed by atoms with Crippen LogP contribution in [-0.4, -0.2) is 10.8 Å². The lowest BCUT2D eigenvalue weighted by molar-refractivity contribution is -0.113. The van der Waals surface area contributed by atoms with E-state index in [-0.39, 0.29) is 5.78 Å². The van der Waals surface area contributed by atoms with Gasteiger partial charge in [0.25, 0.3) is 0 Å². The van der Waals surface area contributed by atoms with Crippen LogP contribution in [0.3, 0.4) is 0 Å². The molecule has 78 valence electrons. The van der Waals surface area contributed by atoms with Crippen molar-refractivity contribution in [1.82, 2.24) is 4.98 Å². The molecule has 1 aliphatic carbocycles. The molecule has 16 heavy (non-hydrogen) atoms. The maximum atomic E-state index is 11.7. The van der Waals surface area contributed by atoms with Crippen LogP contribution in [-0.2, 0) is 4.79 Å². The van der Waals surface area contributed by atoms with Gasteiger partial charge in [-0.05, 0) is 18.2 Å². The van der Waals surface area contributed by atoms with Crippen LogP contribution in [0.1, 0.15) is 11.4 Å². The fourth-order valence-electron chi connectivity index (χ4n) is 1.72. The summed E-state index contributed by atoms with van der Waals surface area (Å²) in [5, 5.41) is 0.829. The molecule has 0 atom stereocenters. The number of ketones is 1. The second-order valence-electron chi connectivity index (χ2n) is 3.62. The van der Waals surface area contributed by atoms with Crippen LogP contribution in [0, 0.1) is 0 Å². The van der Waals surface area contributed by atoms with E-state index in [1.165, 1.54) is 0 Å². The molecular weight excluding hydrogens is 218 g/mol. The minimum absolute atomic E-state index is 0.154. The molecule has 0 unspecified atom stereocenters. The lowest BCUT2D eigenvalue weighted by Gasteiger charge is -2.03. The standard InChI is InChI=1S/C13H9NOS/c15-11-7-3-1-5-9(11)13-14-10-6-2-4-8-12(10)16-13/h1-6,8H,7H2. The van der Waals surface area contributed by atoms with Gasteiger partial charge in [-0.3, -0.25) is 4.79 Å². The quantitative estimate of drug-likeness (QED) is 0.748. The van der Waals surface area contributed by atoms with Crippen molar-refractivity contribution in [1.29, 1.82) is 0 Å². The van der Waals surface area contributed by atoms with Crippen molar-refractivity contribution in [3.05, 3.63) is 47.5 Å². The molecule has 0 aliphatic heterocycles. The van der Waals surface area contributed by atoms with Crippen molar-refractivity contribution < 1.29 is 4.79 Å². The second-order valence-corrected chi connectivity index (χ2v) is 4.65. The molecule has 1 aliphatic rings. The monoisotopic (exact) mass is 227 g/mol. The van der Waals surface area contributed by atoms with Gasteiger partial charge < -0.3 is 0 Å². The number of nitrogens with zero attached hydrogens (tertiary/aromatic N) is 1. The van der Waals surface area contributed by atoms with Crippen LogP contribution >= 0.6 is 11.3 Å². The van der Waals surface area contributed by atoms with Crippen LogP contribution in [0.5, 0.6) is 0 Å². The Hall–Kier alpha value is -1.74. The average Bonchev–Trinajstić information content (AvgIpc) is 2.73. The largest absolute Gasteiger partial charge is 0.294 e. The van der Waals surface area contributed by atoms with Crippen LogP contribution in [0.15, 0.2) is 42.5 Å². The van der Waals surface area contributed by atoms with Gasteiger partial charge in [-0.15, -0.1) is 11.3 Å². The van der Waals surface area contributed by atoms with Gasteiger partial charge in [0.15, 0.2) is 5.78 Å². The van der Waals surface area contributed by atoms with Gasteiger partial charge in [0.1, 0.15) is 5.01 Å². The molecule has 2 aromatic rings. The van der Waals surface area contributed by atoms with Crippen molar-refractivity contribution in [3.8, 4) is 0 Å². The number of para-hydroxylation sites is 1. The number of thiazole rings is 1. The van der Waals surface area contributed by atoms with Gasteiger partial charge in [-0.2, -0.15) is 0 Å². The minimum Gasteiger partial charge on any atom is -0.294 e. The maximum Gasteiger partial charge on any atom is 0.169 e. The highest BCUT2D eigenvalue weighted by atomic mass is 32.1. The van der Waals surface area contributed by atoms with E-state index in [1.807, 2.05) is 42.5 Å². The molecule has 0 radical (unpaired) electrons. The number of hydrogen-bond acceptors (Lipinski definition) is 3. The number of benzene rings is 1. The fraction of sp³-hybridized carbons (Fsp3) is 0.0769. The molecule has 2 nitrogen and oxygen atoms in total. The third-order valence-corrected chi connectivity index (χ3v) is 3.60. The molecule has 0 amide bonds. The molecule has 0 spiro atoms. The van der Waals surface area contributed by atoms with Crippen LogP contribution in [0.25, 0.3) is 15.8 Å². The fourth-order valence-corrected chi connectivity index (χ4v) is 2.73. The van der Waals surface area contributed by atoms with E-state index in [0.29, 0.717) is 6.42 Å². The first-order valence-corrected chi connectivity index (χ1v) is 5.92. The summed E-state index contributed by atoms with van der Waals surface area (Å²) in [7, 11) is 0. The van der Waals surface area contributed by atoms with Gasteiger partial charge in [0.2, 0.25) is 0 Å². The first-order valence-electron chi connectivity index (χ1n) is 5.10. The third kappa shape index (κ3) is 1.49. The van der Waals surface area contributed by atoms with Crippen molar-refractivity contribution in [2.45, 2.75) is 6.42 Å². The highest BCUT2D eigenvalue weighted by molar-refractivity contribution is 7.19. The second kappa shape index (κ2) is 3.68. The van der Waals surface area contributed by atoms with Crippen molar-refractivity contribution >= 4 is 32.9 Å². The Morgan fingerprint density at radius 1 is 1.25 bits per heavy atom. The summed E-state index contributed by atoms with van der Waals surface area (Å²) in [5.41, 5.74) is 1.70. The lowest BCUT2D eigenvalue weighted by Crippen LogP contribution is -2.02. The normalized spacial score (nSPS) is 15.5. The summed E-state index contributed by atoms with van der Waals surface area (Å²) in [6.45, 7) is 0.